The molecule has 2 atom stereocenters. The molecule has 4 nitrogen and oxygen atoms in total. The molecule has 1 amide bonds. The summed E-state index contributed by atoms with van der Waals surface area (Å²) < 4.78 is 0. The summed E-state index contributed by atoms with van der Waals surface area (Å²) in [7, 11) is 0. The van der Waals surface area contributed by atoms with E-state index < -0.39 is 5.91 Å². The number of phenols is 2. The lowest BCUT2D eigenvalue weighted by Crippen LogP contribution is -2.41. The van der Waals surface area contributed by atoms with E-state index in [0.29, 0.717) is 5.92 Å². The molecular formula is C14H19NO3. The molecule has 4 heteroatoms. The van der Waals surface area contributed by atoms with Crippen molar-refractivity contribution in [2.75, 3.05) is 0 Å². The first-order chi connectivity index (χ1) is 8.59. The van der Waals surface area contributed by atoms with E-state index >= 15 is 0 Å². The minimum absolute atomic E-state index is 0.0322. The van der Waals surface area contributed by atoms with E-state index in [1.54, 1.807) is 0 Å². The van der Waals surface area contributed by atoms with Crippen molar-refractivity contribution in [1.29, 1.82) is 0 Å². The Kier molecular flexibility index (Phi) is 3.75. The summed E-state index contributed by atoms with van der Waals surface area (Å²) in [5.41, 5.74) is -0.0322. The second-order valence-electron chi connectivity index (χ2n) is 5.01. The zero-order chi connectivity index (χ0) is 13.1. The number of amides is 1. The number of hydrogen-bond acceptors (Lipinski definition) is 3. The van der Waals surface area contributed by atoms with Crippen LogP contribution in [0.3, 0.4) is 0 Å². The number of phenolic OH excluding ortho intramolecular Hbond substituents is 2. The van der Waals surface area contributed by atoms with Gasteiger partial charge in [0.25, 0.3) is 5.91 Å². The van der Waals surface area contributed by atoms with Crippen molar-refractivity contribution >= 4 is 5.91 Å². The molecule has 0 radical (unpaired) electrons. The lowest BCUT2D eigenvalue weighted by atomic mass is 9.86. The SMILES string of the molecule is CC1CCCCC1NC(=O)c1c(O)cccc1O. The Hall–Kier alpha value is -1.71. The molecule has 0 spiro atoms. The quantitative estimate of drug-likeness (QED) is 0.753. The average molecular weight is 249 g/mol. The summed E-state index contributed by atoms with van der Waals surface area (Å²) in [4.78, 5) is 12.1. The largest absolute Gasteiger partial charge is 0.507 e. The molecule has 2 unspecified atom stereocenters. The van der Waals surface area contributed by atoms with E-state index in [-0.39, 0.29) is 23.1 Å². The van der Waals surface area contributed by atoms with Crippen molar-refractivity contribution in [3.8, 4) is 11.5 Å². The van der Waals surface area contributed by atoms with E-state index in [1.807, 2.05) is 0 Å². The van der Waals surface area contributed by atoms with Crippen LogP contribution in [0.25, 0.3) is 0 Å². The van der Waals surface area contributed by atoms with Crippen LogP contribution in [0.15, 0.2) is 18.2 Å². The van der Waals surface area contributed by atoms with Crippen LogP contribution in [-0.2, 0) is 0 Å². The summed E-state index contributed by atoms with van der Waals surface area (Å²) in [6.07, 6.45) is 4.39. The Morgan fingerprint density at radius 3 is 2.44 bits per heavy atom. The Balaban J connectivity index is 2.12. The number of nitrogens with one attached hydrogen (secondary N) is 1. The van der Waals surface area contributed by atoms with Gasteiger partial charge in [-0.3, -0.25) is 4.79 Å². The molecule has 0 aromatic heterocycles. The predicted octanol–water partition coefficient (Wildman–Crippen LogP) is 2.41. The topological polar surface area (TPSA) is 69.6 Å². The second kappa shape index (κ2) is 5.29. The molecule has 1 aliphatic carbocycles. The maximum atomic E-state index is 12.1. The minimum atomic E-state index is -0.399. The van der Waals surface area contributed by atoms with Crippen molar-refractivity contribution < 1.29 is 15.0 Å². The maximum absolute atomic E-state index is 12.1. The number of aromatic hydroxyl groups is 2. The van der Waals surface area contributed by atoms with Gasteiger partial charge in [-0.05, 0) is 30.9 Å². The standard InChI is InChI=1S/C14H19NO3/c1-9-5-2-3-6-10(9)15-14(18)13-11(16)7-4-8-12(13)17/h4,7-10,16-17H,2-3,5-6H2,1H3,(H,15,18). The highest BCUT2D eigenvalue weighted by Crippen LogP contribution is 2.28. The van der Waals surface area contributed by atoms with E-state index in [4.69, 9.17) is 0 Å². The highest BCUT2D eigenvalue weighted by Gasteiger charge is 2.25. The van der Waals surface area contributed by atoms with Gasteiger partial charge >= 0.3 is 0 Å². The molecule has 1 aromatic carbocycles. The van der Waals surface area contributed by atoms with Gasteiger partial charge in [0.2, 0.25) is 0 Å². The molecule has 3 N–H and O–H groups in total. The van der Waals surface area contributed by atoms with Crippen LogP contribution >= 0.6 is 0 Å². The van der Waals surface area contributed by atoms with Crippen LogP contribution in [0.1, 0.15) is 43.0 Å². The summed E-state index contributed by atoms with van der Waals surface area (Å²) in [6.45, 7) is 2.12. The summed E-state index contributed by atoms with van der Waals surface area (Å²) in [5, 5.41) is 22.2. The minimum Gasteiger partial charge on any atom is -0.507 e. The first-order valence-corrected chi connectivity index (χ1v) is 6.41. The van der Waals surface area contributed by atoms with Crippen LogP contribution in [0.2, 0.25) is 0 Å². The lowest BCUT2D eigenvalue weighted by Gasteiger charge is -2.29. The highest BCUT2D eigenvalue weighted by atomic mass is 16.3. The fraction of sp³-hybridized carbons (Fsp3) is 0.500. The molecule has 18 heavy (non-hydrogen) atoms. The van der Waals surface area contributed by atoms with Gasteiger partial charge in [-0.15, -0.1) is 0 Å². The van der Waals surface area contributed by atoms with Gasteiger partial charge in [-0.1, -0.05) is 25.8 Å². The average Bonchev–Trinajstić information content (AvgIpc) is 2.32. The van der Waals surface area contributed by atoms with Crippen molar-refractivity contribution in [1.82, 2.24) is 5.32 Å². The van der Waals surface area contributed by atoms with Gasteiger partial charge < -0.3 is 15.5 Å². The van der Waals surface area contributed by atoms with E-state index in [0.717, 1.165) is 19.3 Å². The Morgan fingerprint density at radius 1 is 1.22 bits per heavy atom. The molecule has 1 aromatic rings. The molecule has 1 aliphatic rings. The van der Waals surface area contributed by atoms with Gasteiger partial charge in [0.15, 0.2) is 0 Å². The third-order valence-electron chi connectivity index (χ3n) is 3.68. The van der Waals surface area contributed by atoms with Crippen molar-refractivity contribution in [3.05, 3.63) is 23.8 Å². The van der Waals surface area contributed by atoms with Gasteiger partial charge in [-0.2, -0.15) is 0 Å². The van der Waals surface area contributed by atoms with Crippen molar-refractivity contribution in [3.63, 3.8) is 0 Å². The van der Waals surface area contributed by atoms with Crippen LogP contribution in [-0.4, -0.2) is 22.2 Å². The summed E-state index contributed by atoms with van der Waals surface area (Å²) >= 11 is 0. The van der Waals surface area contributed by atoms with Gasteiger partial charge in [0.05, 0.1) is 0 Å². The highest BCUT2D eigenvalue weighted by molar-refractivity contribution is 5.99. The molecule has 0 heterocycles. The molecule has 0 aliphatic heterocycles. The lowest BCUT2D eigenvalue weighted by molar-refractivity contribution is 0.0904. The number of benzene rings is 1. The monoisotopic (exact) mass is 249 g/mol. The van der Waals surface area contributed by atoms with Gasteiger partial charge in [0, 0.05) is 6.04 Å². The van der Waals surface area contributed by atoms with Crippen molar-refractivity contribution in [2.45, 2.75) is 38.6 Å². The number of rotatable bonds is 2. The molecule has 0 saturated heterocycles. The fourth-order valence-corrected chi connectivity index (χ4v) is 2.53. The van der Waals surface area contributed by atoms with Crippen LogP contribution in [0, 0.1) is 5.92 Å². The Morgan fingerprint density at radius 2 is 1.83 bits per heavy atom. The van der Waals surface area contributed by atoms with E-state index in [1.165, 1.54) is 24.6 Å². The normalized spacial score (nSPS) is 23.6. The molecule has 98 valence electrons. The Bertz CT molecular complexity index is 424. The number of carbonyl (C=O) groups is 1. The van der Waals surface area contributed by atoms with Crippen molar-refractivity contribution in [2.24, 2.45) is 5.92 Å². The van der Waals surface area contributed by atoms with E-state index in [9.17, 15) is 15.0 Å². The molecule has 0 bridgehead atoms. The molecule has 2 rings (SSSR count). The third-order valence-corrected chi connectivity index (χ3v) is 3.68. The number of carbonyl (C=O) groups excluding carboxylic acids is 1. The zero-order valence-electron chi connectivity index (χ0n) is 10.5. The summed E-state index contributed by atoms with van der Waals surface area (Å²) in [6, 6.07) is 4.44. The first kappa shape index (κ1) is 12.7. The van der Waals surface area contributed by atoms with Crippen LogP contribution in [0.5, 0.6) is 11.5 Å². The van der Waals surface area contributed by atoms with Crippen LogP contribution in [0.4, 0.5) is 0 Å². The fourth-order valence-electron chi connectivity index (χ4n) is 2.53. The van der Waals surface area contributed by atoms with Crippen LogP contribution < -0.4 is 5.32 Å². The second-order valence-corrected chi connectivity index (χ2v) is 5.01. The third kappa shape index (κ3) is 2.58. The zero-order valence-corrected chi connectivity index (χ0v) is 10.5. The van der Waals surface area contributed by atoms with E-state index in [2.05, 4.69) is 12.2 Å². The Labute approximate surface area is 107 Å². The first-order valence-electron chi connectivity index (χ1n) is 6.41. The number of hydrogen-bond donors (Lipinski definition) is 3. The summed E-state index contributed by atoms with van der Waals surface area (Å²) in [5.74, 6) is -0.327. The molecular weight excluding hydrogens is 230 g/mol. The van der Waals surface area contributed by atoms with Gasteiger partial charge in [0.1, 0.15) is 17.1 Å². The molecule has 1 saturated carbocycles. The maximum Gasteiger partial charge on any atom is 0.259 e. The smallest absolute Gasteiger partial charge is 0.259 e. The van der Waals surface area contributed by atoms with Gasteiger partial charge in [-0.25, -0.2) is 0 Å². The molecule has 1 fully saturated rings. The predicted molar refractivity (Wildman–Crippen MR) is 68.7 cm³/mol.